The summed E-state index contributed by atoms with van der Waals surface area (Å²) in [5.74, 6) is 1.40. The fourth-order valence-electron chi connectivity index (χ4n) is 1.70. The fraction of sp³-hybridized carbons (Fsp3) is 0.385. The first-order valence-corrected chi connectivity index (χ1v) is 6.29. The van der Waals surface area contributed by atoms with Gasteiger partial charge in [0.05, 0.1) is 6.54 Å². The third-order valence-corrected chi connectivity index (χ3v) is 2.55. The number of nitrogens with zero attached hydrogens (tertiary/aromatic N) is 4. The number of anilines is 1. The van der Waals surface area contributed by atoms with Crippen molar-refractivity contribution in [3.63, 3.8) is 0 Å². The number of rotatable bonds is 5. The smallest absolute Gasteiger partial charge is 0.347 e. The molecule has 0 aliphatic rings. The van der Waals surface area contributed by atoms with Crippen LogP contribution in [0.1, 0.15) is 24.9 Å². The van der Waals surface area contributed by atoms with Gasteiger partial charge in [-0.05, 0) is 19.4 Å². The average molecular weight is 259 g/mol. The molecule has 1 N–H and O–H groups in total. The van der Waals surface area contributed by atoms with Crippen molar-refractivity contribution in [2.24, 2.45) is 0 Å². The minimum atomic E-state index is -0.296. The monoisotopic (exact) mass is 259 g/mol. The number of aryl methyl sites for hydroxylation is 1. The molecule has 2 aromatic heterocycles. The predicted octanol–water partition coefficient (Wildman–Crippen LogP) is 1.21. The summed E-state index contributed by atoms with van der Waals surface area (Å²) < 4.78 is 1.48. The minimum absolute atomic E-state index is 0.296. The lowest BCUT2D eigenvalue weighted by Gasteiger charge is -2.08. The summed E-state index contributed by atoms with van der Waals surface area (Å²) in [5.41, 5.74) is 0.580. The summed E-state index contributed by atoms with van der Waals surface area (Å²) in [5, 5.41) is 3.22. The number of nitrogens with one attached hydrogen (secondary N) is 1. The molecule has 0 aliphatic carbocycles. The Hall–Kier alpha value is -2.24. The lowest BCUT2D eigenvalue weighted by atomic mass is 10.4. The molecular formula is C13H17N5O. The van der Waals surface area contributed by atoms with E-state index in [-0.39, 0.29) is 5.69 Å². The van der Waals surface area contributed by atoms with Crippen LogP contribution in [0.15, 0.2) is 29.3 Å². The third-order valence-electron chi connectivity index (χ3n) is 2.55. The van der Waals surface area contributed by atoms with Gasteiger partial charge in [0.15, 0.2) is 5.82 Å². The molecule has 0 aromatic carbocycles. The van der Waals surface area contributed by atoms with E-state index in [0.717, 1.165) is 24.5 Å². The lowest BCUT2D eigenvalue weighted by Crippen LogP contribution is -2.23. The van der Waals surface area contributed by atoms with Gasteiger partial charge in [0, 0.05) is 30.7 Å². The fourth-order valence-corrected chi connectivity index (χ4v) is 1.70. The van der Waals surface area contributed by atoms with Crippen LogP contribution in [0.25, 0.3) is 0 Å². The quantitative estimate of drug-likeness (QED) is 0.873. The van der Waals surface area contributed by atoms with Gasteiger partial charge in [-0.15, -0.1) is 0 Å². The first kappa shape index (κ1) is 13.2. The van der Waals surface area contributed by atoms with Crippen molar-refractivity contribution in [1.82, 2.24) is 19.5 Å². The van der Waals surface area contributed by atoms with Gasteiger partial charge >= 0.3 is 5.69 Å². The molecule has 0 aliphatic heterocycles. The first-order chi connectivity index (χ1) is 9.19. The number of aromatic nitrogens is 4. The maximum Gasteiger partial charge on any atom is 0.347 e. The first-order valence-electron chi connectivity index (χ1n) is 6.29. The van der Waals surface area contributed by atoms with Crippen LogP contribution in [0.2, 0.25) is 0 Å². The minimum Gasteiger partial charge on any atom is -0.370 e. The highest BCUT2D eigenvalue weighted by molar-refractivity contribution is 5.35. The summed E-state index contributed by atoms with van der Waals surface area (Å²) >= 11 is 0. The molecule has 0 fully saturated rings. The van der Waals surface area contributed by atoms with Crippen molar-refractivity contribution in [3.8, 4) is 0 Å². The third kappa shape index (κ3) is 3.61. The van der Waals surface area contributed by atoms with Crippen molar-refractivity contribution < 1.29 is 0 Å². The van der Waals surface area contributed by atoms with Crippen molar-refractivity contribution in [2.75, 3.05) is 11.9 Å². The highest BCUT2D eigenvalue weighted by atomic mass is 16.1. The van der Waals surface area contributed by atoms with Gasteiger partial charge in [0.2, 0.25) is 0 Å². The molecule has 0 unspecified atom stereocenters. The van der Waals surface area contributed by atoms with E-state index in [2.05, 4.69) is 27.2 Å². The van der Waals surface area contributed by atoms with Crippen LogP contribution in [0.3, 0.4) is 0 Å². The van der Waals surface area contributed by atoms with Gasteiger partial charge in [-0.1, -0.05) is 6.92 Å². The molecule has 0 saturated carbocycles. The molecule has 0 saturated heterocycles. The molecule has 6 nitrogen and oxygen atoms in total. The van der Waals surface area contributed by atoms with E-state index < -0.39 is 0 Å². The van der Waals surface area contributed by atoms with Crippen LogP contribution in [0.4, 0.5) is 5.82 Å². The van der Waals surface area contributed by atoms with E-state index in [4.69, 9.17) is 0 Å². The van der Waals surface area contributed by atoms with E-state index in [1.807, 2.05) is 13.0 Å². The summed E-state index contributed by atoms with van der Waals surface area (Å²) in [6.07, 6.45) is 4.19. The van der Waals surface area contributed by atoms with E-state index in [1.165, 1.54) is 10.8 Å². The van der Waals surface area contributed by atoms with E-state index in [9.17, 15) is 4.79 Å². The molecule has 0 amide bonds. The lowest BCUT2D eigenvalue weighted by molar-refractivity contribution is 0.687. The molecule has 2 rings (SSSR count). The van der Waals surface area contributed by atoms with Crippen LogP contribution >= 0.6 is 0 Å². The Labute approximate surface area is 111 Å². The highest BCUT2D eigenvalue weighted by Gasteiger charge is 2.04. The van der Waals surface area contributed by atoms with Gasteiger partial charge in [0.1, 0.15) is 5.82 Å². The van der Waals surface area contributed by atoms with Crippen molar-refractivity contribution in [3.05, 3.63) is 46.5 Å². The SMILES string of the molecule is CCCNc1cc(C)nc(Cn2cccnc2=O)n1. The Morgan fingerprint density at radius 2 is 2.21 bits per heavy atom. The average Bonchev–Trinajstić information content (AvgIpc) is 2.38. The van der Waals surface area contributed by atoms with Crippen LogP contribution in [0.5, 0.6) is 0 Å². The molecule has 0 radical (unpaired) electrons. The normalized spacial score (nSPS) is 10.4. The van der Waals surface area contributed by atoms with E-state index in [0.29, 0.717) is 12.4 Å². The Kier molecular flexibility index (Phi) is 4.22. The molecule has 0 atom stereocenters. The molecule has 19 heavy (non-hydrogen) atoms. The summed E-state index contributed by atoms with van der Waals surface area (Å²) in [7, 11) is 0. The molecule has 0 spiro atoms. The van der Waals surface area contributed by atoms with Gasteiger partial charge in [-0.3, -0.25) is 4.57 Å². The van der Waals surface area contributed by atoms with E-state index in [1.54, 1.807) is 12.3 Å². The second-order valence-corrected chi connectivity index (χ2v) is 4.27. The zero-order valence-corrected chi connectivity index (χ0v) is 11.1. The Balaban J connectivity index is 2.23. The standard InChI is InChI=1S/C13H17N5O/c1-3-5-14-11-8-10(2)16-12(17-11)9-18-7-4-6-15-13(18)19/h4,6-8H,3,5,9H2,1-2H3,(H,14,16,17). The van der Waals surface area contributed by atoms with Gasteiger partial charge in [-0.25, -0.2) is 19.7 Å². The Morgan fingerprint density at radius 3 is 2.95 bits per heavy atom. The van der Waals surface area contributed by atoms with Crippen LogP contribution in [0, 0.1) is 6.92 Å². The van der Waals surface area contributed by atoms with E-state index >= 15 is 0 Å². The molecular weight excluding hydrogens is 242 g/mol. The van der Waals surface area contributed by atoms with Crippen molar-refractivity contribution in [2.45, 2.75) is 26.8 Å². The molecule has 0 bridgehead atoms. The zero-order chi connectivity index (χ0) is 13.7. The van der Waals surface area contributed by atoms with Gasteiger partial charge in [0.25, 0.3) is 0 Å². The highest BCUT2D eigenvalue weighted by Crippen LogP contribution is 2.06. The zero-order valence-electron chi connectivity index (χ0n) is 11.1. The second-order valence-electron chi connectivity index (χ2n) is 4.27. The number of hydrogen-bond donors (Lipinski definition) is 1. The second kappa shape index (κ2) is 6.08. The summed E-state index contributed by atoms with van der Waals surface area (Å²) in [4.78, 5) is 24.0. The molecule has 2 aromatic rings. The topological polar surface area (TPSA) is 72.7 Å². The summed E-state index contributed by atoms with van der Waals surface area (Å²) in [6, 6.07) is 3.61. The largest absolute Gasteiger partial charge is 0.370 e. The van der Waals surface area contributed by atoms with Crippen LogP contribution in [-0.2, 0) is 6.54 Å². The molecule has 100 valence electrons. The maximum atomic E-state index is 11.5. The maximum absolute atomic E-state index is 11.5. The number of hydrogen-bond acceptors (Lipinski definition) is 5. The van der Waals surface area contributed by atoms with Gasteiger partial charge in [-0.2, -0.15) is 0 Å². The van der Waals surface area contributed by atoms with Crippen molar-refractivity contribution in [1.29, 1.82) is 0 Å². The molecule has 6 heteroatoms. The Bertz CT molecular complexity index is 608. The predicted molar refractivity (Wildman–Crippen MR) is 73.1 cm³/mol. The van der Waals surface area contributed by atoms with Crippen molar-refractivity contribution >= 4 is 5.82 Å². The Morgan fingerprint density at radius 1 is 1.37 bits per heavy atom. The van der Waals surface area contributed by atoms with Crippen LogP contribution < -0.4 is 11.0 Å². The molecule has 2 heterocycles. The van der Waals surface area contributed by atoms with Gasteiger partial charge < -0.3 is 5.32 Å². The van der Waals surface area contributed by atoms with Crippen LogP contribution in [-0.4, -0.2) is 26.1 Å². The summed E-state index contributed by atoms with van der Waals surface area (Å²) in [6.45, 7) is 5.20.